The average Bonchev–Trinajstić information content (AvgIpc) is 2.08. The number of hydrogen-bond donors (Lipinski definition) is 1. The maximum absolute atomic E-state index is 11.4. The predicted octanol–water partition coefficient (Wildman–Crippen LogP) is 1.27. The Morgan fingerprint density at radius 1 is 1.64 bits per heavy atom. The van der Waals surface area contributed by atoms with Gasteiger partial charge < -0.3 is 9.84 Å². The summed E-state index contributed by atoms with van der Waals surface area (Å²) in [6.45, 7) is 2.20. The predicted molar refractivity (Wildman–Crippen MR) is 51.6 cm³/mol. The Bertz CT molecular complexity index is 270. The summed E-state index contributed by atoms with van der Waals surface area (Å²) in [7, 11) is 0. The second-order valence-electron chi connectivity index (χ2n) is 4.09. The van der Waals surface area contributed by atoms with Gasteiger partial charge in [0.1, 0.15) is 0 Å². The Hall–Kier alpha value is -0.830. The second kappa shape index (κ2) is 3.73. The third-order valence-electron chi connectivity index (χ3n) is 3.26. The van der Waals surface area contributed by atoms with Crippen molar-refractivity contribution in [3.05, 3.63) is 11.6 Å². The lowest BCUT2D eigenvalue weighted by molar-refractivity contribution is -0.139. The molecule has 78 valence electrons. The van der Waals surface area contributed by atoms with Crippen LogP contribution in [0.2, 0.25) is 0 Å². The molecule has 0 radical (unpaired) electrons. The number of rotatable bonds is 2. The van der Waals surface area contributed by atoms with Gasteiger partial charge in [-0.15, -0.1) is 0 Å². The van der Waals surface area contributed by atoms with E-state index in [4.69, 9.17) is 4.74 Å². The minimum Gasteiger partial charge on any atom is -0.463 e. The highest BCUT2D eigenvalue weighted by Crippen LogP contribution is 2.43. The van der Waals surface area contributed by atoms with Crippen LogP contribution in [0, 0.1) is 11.8 Å². The molecule has 2 rings (SSSR count). The third-order valence-corrected chi connectivity index (χ3v) is 3.26. The van der Waals surface area contributed by atoms with Crippen LogP contribution in [0.25, 0.3) is 0 Å². The van der Waals surface area contributed by atoms with Gasteiger partial charge >= 0.3 is 5.97 Å². The van der Waals surface area contributed by atoms with Crippen LogP contribution in [0.1, 0.15) is 26.2 Å². The molecule has 0 amide bonds. The molecule has 0 spiro atoms. The monoisotopic (exact) mass is 196 g/mol. The van der Waals surface area contributed by atoms with Gasteiger partial charge in [0.15, 0.2) is 0 Å². The van der Waals surface area contributed by atoms with Crippen LogP contribution in [-0.4, -0.2) is 23.8 Å². The van der Waals surface area contributed by atoms with Gasteiger partial charge in [0.05, 0.1) is 12.7 Å². The summed E-state index contributed by atoms with van der Waals surface area (Å²) in [5, 5.41) is 9.74. The summed E-state index contributed by atoms with van der Waals surface area (Å²) in [5.41, 5.74) is 0.667. The van der Waals surface area contributed by atoms with Gasteiger partial charge in [0.2, 0.25) is 0 Å². The Labute approximate surface area is 83.8 Å². The van der Waals surface area contributed by atoms with Gasteiger partial charge in [-0.25, -0.2) is 4.79 Å². The molecule has 0 unspecified atom stereocenters. The van der Waals surface area contributed by atoms with Crippen molar-refractivity contribution in [1.29, 1.82) is 0 Å². The SMILES string of the molecule is CCOC(=O)C1=C[C@@H]2CC[C@@H]2[C@@H](O)C1. The fourth-order valence-electron chi connectivity index (χ4n) is 2.31. The highest BCUT2D eigenvalue weighted by atomic mass is 16.5. The molecular formula is C11H16O3. The Morgan fingerprint density at radius 3 is 2.93 bits per heavy atom. The van der Waals surface area contributed by atoms with Crippen molar-refractivity contribution in [3.63, 3.8) is 0 Å². The first-order chi connectivity index (χ1) is 6.72. The lowest BCUT2D eigenvalue weighted by atomic mass is 9.65. The molecule has 3 heteroatoms. The molecule has 0 saturated heterocycles. The van der Waals surface area contributed by atoms with E-state index in [1.54, 1.807) is 6.92 Å². The Kier molecular flexibility index (Phi) is 2.59. The molecule has 3 nitrogen and oxygen atoms in total. The molecule has 14 heavy (non-hydrogen) atoms. The van der Waals surface area contributed by atoms with Crippen LogP contribution in [-0.2, 0) is 9.53 Å². The van der Waals surface area contributed by atoms with Gasteiger partial charge in [0, 0.05) is 12.0 Å². The summed E-state index contributed by atoms with van der Waals surface area (Å²) >= 11 is 0. The van der Waals surface area contributed by atoms with E-state index in [1.165, 1.54) is 0 Å². The minimum absolute atomic E-state index is 0.253. The smallest absolute Gasteiger partial charge is 0.333 e. The number of aliphatic hydroxyl groups excluding tert-OH is 1. The quantitative estimate of drug-likeness (QED) is 0.676. The van der Waals surface area contributed by atoms with E-state index in [9.17, 15) is 9.90 Å². The fraction of sp³-hybridized carbons (Fsp3) is 0.727. The third kappa shape index (κ3) is 1.57. The lowest BCUT2D eigenvalue weighted by Crippen LogP contribution is -2.39. The molecule has 0 aromatic carbocycles. The normalized spacial score (nSPS) is 35.3. The number of carbonyl (C=O) groups excluding carboxylic acids is 1. The highest BCUT2D eigenvalue weighted by molar-refractivity contribution is 5.88. The molecule has 0 aromatic rings. The summed E-state index contributed by atoms with van der Waals surface area (Å²) in [6, 6.07) is 0. The second-order valence-corrected chi connectivity index (χ2v) is 4.09. The summed E-state index contributed by atoms with van der Waals surface area (Å²) in [5.74, 6) is 0.559. The van der Waals surface area contributed by atoms with E-state index in [1.807, 2.05) is 6.08 Å². The van der Waals surface area contributed by atoms with Gasteiger partial charge in [-0.05, 0) is 31.6 Å². The zero-order chi connectivity index (χ0) is 10.1. The van der Waals surface area contributed by atoms with Crippen LogP contribution in [0.5, 0.6) is 0 Å². The largest absolute Gasteiger partial charge is 0.463 e. The van der Waals surface area contributed by atoms with Crippen molar-refractivity contribution in [2.75, 3.05) is 6.61 Å². The fourth-order valence-corrected chi connectivity index (χ4v) is 2.31. The van der Waals surface area contributed by atoms with E-state index >= 15 is 0 Å². The van der Waals surface area contributed by atoms with E-state index in [0.29, 0.717) is 30.4 Å². The van der Waals surface area contributed by atoms with Crippen LogP contribution in [0.4, 0.5) is 0 Å². The number of carbonyl (C=O) groups is 1. The van der Waals surface area contributed by atoms with Crippen LogP contribution >= 0.6 is 0 Å². The number of hydrogen-bond acceptors (Lipinski definition) is 3. The molecular weight excluding hydrogens is 180 g/mol. The summed E-state index contributed by atoms with van der Waals surface area (Å²) in [4.78, 5) is 11.4. The van der Waals surface area contributed by atoms with E-state index < -0.39 is 0 Å². The van der Waals surface area contributed by atoms with Crippen molar-refractivity contribution in [1.82, 2.24) is 0 Å². The van der Waals surface area contributed by atoms with Crippen molar-refractivity contribution in [2.45, 2.75) is 32.3 Å². The zero-order valence-electron chi connectivity index (χ0n) is 8.40. The molecule has 3 atom stereocenters. The molecule has 0 heterocycles. The molecule has 1 fully saturated rings. The Morgan fingerprint density at radius 2 is 2.43 bits per heavy atom. The van der Waals surface area contributed by atoms with E-state index in [2.05, 4.69) is 0 Å². The van der Waals surface area contributed by atoms with Crippen molar-refractivity contribution in [2.24, 2.45) is 11.8 Å². The number of allylic oxidation sites excluding steroid dienone is 1. The molecule has 0 bridgehead atoms. The van der Waals surface area contributed by atoms with Crippen LogP contribution < -0.4 is 0 Å². The van der Waals surface area contributed by atoms with Crippen molar-refractivity contribution >= 4 is 5.97 Å². The van der Waals surface area contributed by atoms with Crippen molar-refractivity contribution in [3.8, 4) is 0 Å². The summed E-state index contributed by atoms with van der Waals surface area (Å²) in [6.07, 6.45) is 4.33. The van der Waals surface area contributed by atoms with E-state index in [-0.39, 0.29) is 12.1 Å². The summed E-state index contributed by atoms with van der Waals surface area (Å²) < 4.78 is 4.92. The van der Waals surface area contributed by atoms with E-state index in [0.717, 1.165) is 12.8 Å². The number of esters is 1. The van der Waals surface area contributed by atoms with Gasteiger partial charge in [-0.2, -0.15) is 0 Å². The zero-order valence-corrected chi connectivity index (χ0v) is 8.40. The number of aliphatic hydroxyl groups is 1. The minimum atomic E-state index is -0.335. The molecule has 1 N–H and O–H groups in total. The first kappa shape index (κ1) is 9.71. The number of ether oxygens (including phenoxy) is 1. The van der Waals surface area contributed by atoms with Gasteiger partial charge in [-0.3, -0.25) is 0 Å². The molecule has 2 aliphatic rings. The maximum Gasteiger partial charge on any atom is 0.333 e. The van der Waals surface area contributed by atoms with Gasteiger partial charge in [0.25, 0.3) is 0 Å². The van der Waals surface area contributed by atoms with Gasteiger partial charge in [-0.1, -0.05) is 6.08 Å². The molecule has 2 aliphatic carbocycles. The Balaban J connectivity index is 2.05. The number of fused-ring (bicyclic) bond motifs is 1. The highest BCUT2D eigenvalue weighted by Gasteiger charge is 2.39. The molecule has 1 saturated carbocycles. The standard InChI is InChI=1S/C11H16O3/c1-2-14-11(13)8-5-7-3-4-9(7)10(12)6-8/h5,7,9-10,12H,2-4,6H2,1H3/t7-,9-,10-/m0/s1. The average molecular weight is 196 g/mol. The van der Waals surface area contributed by atoms with Crippen LogP contribution in [0.15, 0.2) is 11.6 Å². The molecule has 0 aliphatic heterocycles. The molecule has 0 aromatic heterocycles. The van der Waals surface area contributed by atoms with Crippen molar-refractivity contribution < 1.29 is 14.6 Å². The first-order valence-electron chi connectivity index (χ1n) is 5.28. The maximum atomic E-state index is 11.4. The topological polar surface area (TPSA) is 46.5 Å². The first-order valence-corrected chi connectivity index (χ1v) is 5.28. The van der Waals surface area contributed by atoms with Crippen LogP contribution in [0.3, 0.4) is 0 Å². The lowest BCUT2D eigenvalue weighted by Gasteiger charge is -2.41.